The van der Waals surface area contributed by atoms with Crippen molar-refractivity contribution in [3.8, 4) is 0 Å². The van der Waals surface area contributed by atoms with Gasteiger partial charge in [0.05, 0.1) is 0 Å². The van der Waals surface area contributed by atoms with Crippen LogP contribution in [-0.2, 0) is 0 Å². The molecule has 2 heterocycles. The Bertz CT molecular complexity index is 447. The molecule has 0 radical (unpaired) electrons. The highest BCUT2D eigenvalue weighted by Gasteiger charge is 2.29. The number of hydrogen-bond donors (Lipinski definition) is 0. The highest BCUT2D eigenvalue weighted by atomic mass is 15.3. The van der Waals surface area contributed by atoms with Gasteiger partial charge in [-0.1, -0.05) is 0 Å². The zero-order valence-corrected chi connectivity index (χ0v) is 21.2. The molecule has 2 fully saturated rings. The van der Waals surface area contributed by atoms with Crippen LogP contribution in [0.1, 0.15) is 62.3 Å². The van der Waals surface area contributed by atoms with Crippen LogP contribution in [0, 0.1) is 0 Å². The third kappa shape index (κ3) is 8.10. The van der Waals surface area contributed by atoms with E-state index in [1.165, 1.54) is 52.4 Å². The lowest BCUT2D eigenvalue weighted by molar-refractivity contribution is 0.0564. The van der Waals surface area contributed by atoms with Gasteiger partial charge < -0.3 is 0 Å². The van der Waals surface area contributed by atoms with Crippen LogP contribution >= 0.6 is 0 Å². The third-order valence-corrected chi connectivity index (χ3v) is 6.96. The van der Waals surface area contributed by atoms with Gasteiger partial charge in [-0.3, -0.25) is 24.5 Å². The second kappa shape index (κ2) is 9.95. The summed E-state index contributed by atoms with van der Waals surface area (Å²) in [5.41, 5.74) is 0.679. The van der Waals surface area contributed by atoms with E-state index in [1.54, 1.807) is 0 Å². The Morgan fingerprint density at radius 3 is 0.690 bits per heavy atom. The maximum atomic E-state index is 2.72. The molecule has 0 saturated carbocycles. The average Bonchev–Trinajstić information content (AvgIpc) is 2.63. The summed E-state index contributed by atoms with van der Waals surface area (Å²) < 4.78 is 0. The maximum Gasteiger partial charge on any atom is 0.0126 e. The molecule has 172 valence electrons. The minimum atomic E-state index is 0.219. The average molecular weight is 410 g/mol. The summed E-state index contributed by atoms with van der Waals surface area (Å²) >= 11 is 0. The molecule has 5 heteroatoms. The van der Waals surface area contributed by atoms with Crippen molar-refractivity contribution in [2.75, 3.05) is 78.5 Å². The van der Waals surface area contributed by atoms with E-state index in [0.717, 1.165) is 26.2 Å². The molecule has 2 bridgehead atoms. The van der Waals surface area contributed by atoms with Crippen LogP contribution in [0.2, 0.25) is 0 Å². The van der Waals surface area contributed by atoms with Crippen molar-refractivity contribution in [2.45, 2.75) is 78.9 Å². The molecular weight excluding hydrogens is 358 g/mol. The fourth-order valence-electron chi connectivity index (χ4n) is 4.59. The van der Waals surface area contributed by atoms with Gasteiger partial charge in [0.1, 0.15) is 0 Å². The van der Waals surface area contributed by atoms with Crippen molar-refractivity contribution in [3.63, 3.8) is 0 Å². The van der Waals surface area contributed by atoms with Crippen molar-refractivity contribution < 1.29 is 0 Å². The van der Waals surface area contributed by atoms with Gasteiger partial charge in [0.15, 0.2) is 0 Å². The smallest absolute Gasteiger partial charge is 0.0126 e. The van der Waals surface area contributed by atoms with E-state index in [4.69, 9.17) is 0 Å². The van der Waals surface area contributed by atoms with E-state index in [1.807, 2.05) is 0 Å². The van der Waals surface area contributed by atoms with Crippen LogP contribution in [0.3, 0.4) is 0 Å². The van der Waals surface area contributed by atoms with Crippen LogP contribution in [0.5, 0.6) is 0 Å². The number of hydrogen-bond acceptors (Lipinski definition) is 5. The van der Waals surface area contributed by atoms with Crippen LogP contribution in [0.25, 0.3) is 0 Å². The molecule has 0 aromatic carbocycles. The van der Waals surface area contributed by atoms with Crippen molar-refractivity contribution in [1.82, 2.24) is 24.5 Å². The normalized spacial score (nSPS) is 28.9. The summed E-state index contributed by atoms with van der Waals surface area (Å²) in [5, 5.41) is 0. The first-order valence-electron chi connectivity index (χ1n) is 12.0. The van der Waals surface area contributed by atoms with Gasteiger partial charge in [-0.25, -0.2) is 0 Å². The predicted octanol–water partition coefficient (Wildman–Crippen LogP) is 2.92. The standard InChI is InChI=1S/C24H51N5/c1-22(2,3)27-16-12-25-10-11-26(13-17-27)15-19-29(24(7,8)9)21-20-28(18-14-25)23(4,5)6/h10-21H2,1-9H3. The van der Waals surface area contributed by atoms with Crippen molar-refractivity contribution in [2.24, 2.45) is 0 Å². The first-order chi connectivity index (χ1) is 13.3. The molecule has 2 atom stereocenters. The molecule has 2 aliphatic rings. The Hall–Kier alpha value is -0.200. The number of fused-ring (bicyclic) bond motifs is 3. The maximum absolute atomic E-state index is 2.72. The van der Waals surface area contributed by atoms with E-state index < -0.39 is 0 Å². The molecule has 0 N–H and O–H groups in total. The Morgan fingerprint density at radius 2 is 0.483 bits per heavy atom. The molecule has 0 spiro atoms. The predicted molar refractivity (Wildman–Crippen MR) is 127 cm³/mol. The van der Waals surface area contributed by atoms with Crippen molar-refractivity contribution >= 4 is 0 Å². The quantitative estimate of drug-likeness (QED) is 0.610. The molecule has 5 nitrogen and oxygen atoms in total. The topological polar surface area (TPSA) is 16.2 Å². The molecule has 29 heavy (non-hydrogen) atoms. The third-order valence-electron chi connectivity index (χ3n) is 6.96. The number of rotatable bonds is 0. The van der Waals surface area contributed by atoms with Gasteiger partial charge in [0.2, 0.25) is 0 Å². The summed E-state index contributed by atoms with van der Waals surface area (Å²) in [7, 11) is 0. The van der Waals surface area contributed by atoms with Gasteiger partial charge in [-0.15, -0.1) is 0 Å². The second-order valence-corrected chi connectivity index (χ2v) is 12.2. The summed E-state index contributed by atoms with van der Waals surface area (Å²) in [6.07, 6.45) is 0. The molecule has 0 aromatic rings. The first-order valence-corrected chi connectivity index (χ1v) is 12.0. The van der Waals surface area contributed by atoms with Crippen molar-refractivity contribution in [3.05, 3.63) is 0 Å². The summed E-state index contributed by atoms with van der Waals surface area (Å²) in [5.74, 6) is 0. The lowest BCUT2D eigenvalue weighted by atomic mass is 10.0. The molecule has 2 aliphatic heterocycles. The van der Waals surface area contributed by atoms with Gasteiger partial charge in [0, 0.05) is 95.2 Å². The Kier molecular flexibility index (Phi) is 8.60. The van der Waals surface area contributed by atoms with Crippen LogP contribution in [-0.4, -0.2) is 120 Å². The molecular formula is C24H51N5. The van der Waals surface area contributed by atoms with Crippen LogP contribution in [0.4, 0.5) is 0 Å². The van der Waals surface area contributed by atoms with E-state index in [9.17, 15) is 0 Å². The highest BCUT2D eigenvalue weighted by molar-refractivity contribution is 4.85. The zero-order chi connectivity index (χ0) is 21.9. The summed E-state index contributed by atoms with van der Waals surface area (Å²) in [6.45, 7) is 35.5. The van der Waals surface area contributed by atoms with E-state index in [2.05, 4.69) is 86.8 Å². The SMILES string of the molecule is CC(C)(C)N1CCN2CCN(CC1)CCN(C(C)(C)C)CCN(C(C)(C)C)CC2. The minimum Gasteiger partial charge on any atom is -0.300 e. The van der Waals surface area contributed by atoms with Crippen molar-refractivity contribution in [1.29, 1.82) is 0 Å². The largest absolute Gasteiger partial charge is 0.300 e. The zero-order valence-electron chi connectivity index (χ0n) is 21.2. The van der Waals surface area contributed by atoms with E-state index in [-0.39, 0.29) is 16.6 Å². The van der Waals surface area contributed by atoms with E-state index >= 15 is 0 Å². The lowest BCUT2D eigenvalue weighted by Crippen LogP contribution is -2.54. The van der Waals surface area contributed by atoms with E-state index in [0.29, 0.717) is 0 Å². The first kappa shape index (κ1) is 25.1. The van der Waals surface area contributed by atoms with Gasteiger partial charge >= 0.3 is 0 Å². The Labute approximate surface area is 182 Å². The minimum absolute atomic E-state index is 0.219. The summed E-state index contributed by atoms with van der Waals surface area (Å²) in [4.78, 5) is 13.6. The van der Waals surface area contributed by atoms with Crippen LogP contribution in [0.15, 0.2) is 0 Å². The molecule has 0 aliphatic carbocycles. The van der Waals surface area contributed by atoms with Gasteiger partial charge in [-0.2, -0.15) is 0 Å². The number of nitrogens with zero attached hydrogens (tertiary/aromatic N) is 5. The highest BCUT2D eigenvalue weighted by Crippen LogP contribution is 2.19. The molecule has 0 amide bonds. The molecule has 2 rings (SSSR count). The fraction of sp³-hybridized carbons (Fsp3) is 1.00. The monoisotopic (exact) mass is 409 g/mol. The second-order valence-electron chi connectivity index (χ2n) is 12.2. The lowest BCUT2D eigenvalue weighted by Gasteiger charge is -2.42. The Balaban J connectivity index is 2.22. The van der Waals surface area contributed by atoms with Gasteiger partial charge in [-0.05, 0) is 62.3 Å². The molecule has 0 aromatic heterocycles. The molecule has 2 unspecified atom stereocenters. The van der Waals surface area contributed by atoms with Gasteiger partial charge in [0.25, 0.3) is 0 Å². The molecule has 2 saturated heterocycles. The Morgan fingerprint density at radius 1 is 0.310 bits per heavy atom. The summed E-state index contributed by atoms with van der Waals surface area (Å²) in [6, 6.07) is 0. The fourth-order valence-corrected chi connectivity index (χ4v) is 4.59. The van der Waals surface area contributed by atoms with Crippen LogP contribution < -0.4 is 0 Å².